The SMILES string of the molecule is Cc1cc2c(C)nn(C(=O)OC(C)(C)C)c2cc1F.Cc1nn(C(=O)OC(C)(C)C)c2cc(F)c(CBr)cc12. The molecule has 210 valence electrons. The molecule has 0 atom stereocenters. The molecule has 0 fully saturated rings. The maximum atomic E-state index is 13.9. The van der Waals surface area contributed by atoms with E-state index in [1.165, 1.54) is 12.1 Å². The van der Waals surface area contributed by atoms with Crippen molar-refractivity contribution in [3.05, 3.63) is 58.4 Å². The average Bonchev–Trinajstić information content (AvgIpc) is 3.28. The monoisotopic (exact) mass is 606 g/mol. The van der Waals surface area contributed by atoms with E-state index in [0.29, 0.717) is 38.9 Å². The van der Waals surface area contributed by atoms with E-state index in [1.807, 2.05) is 0 Å². The largest absolute Gasteiger partial charge is 0.442 e. The van der Waals surface area contributed by atoms with E-state index in [-0.39, 0.29) is 11.6 Å². The first-order valence-corrected chi connectivity index (χ1v) is 13.4. The normalized spacial score (nSPS) is 11.9. The van der Waals surface area contributed by atoms with E-state index in [9.17, 15) is 18.4 Å². The van der Waals surface area contributed by atoms with Gasteiger partial charge in [-0.1, -0.05) is 15.9 Å². The van der Waals surface area contributed by atoms with Crippen LogP contribution in [0.25, 0.3) is 21.8 Å². The van der Waals surface area contributed by atoms with Gasteiger partial charge in [-0.25, -0.2) is 18.4 Å². The van der Waals surface area contributed by atoms with E-state index in [2.05, 4.69) is 26.1 Å². The van der Waals surface area contributed by atoms with Crippen LogP contribution in [-0.4, -0.2) is 42.9 Å². The zero-order chi connectivity index (χ0) is 29.4. The summed E-state index contributed by atoms with van der Waals surface area (Å²) in [5.41, 5.74) is 1.99. The Labute approximate surface area is 234 Å². The van der Waals surface area contributed by atoms with Crippen molar-refractivity contribution in [2.75, 3.05) is 0 Å². The molecular formula is C28H33BrF2N4O4. The molecular weight excluding hydrogens is 574 g/mol. The highest BCUT2D eigenvalue weighted by atomic mass is 79.9. The molecule has 0 amide bonds. The van der Waals surface area contributed by atoms with E-state index in [4.69, 9.17) is 9.47 Å². The molecule has 0 saturated carbocycles. The molecule has 0 aliphatic heterocycles. The maximum absolute atomic E-state index is 13.9. The van der Waals surface area contributed by atoms with Gasteiger partial charge in [-0.3, -0.25) is 0 Å². The highest BCUT2D eigenvalue weighted by Gasteiger charge is 2.23. The van der Waals surface area contributed by atoms with Gasteiger partial charge in [0.2, 0.25) is 0 Å². The van der Waals surface area contributed by atoms with Gasteiger partial charge in [0.15, 0.2) is 0 Å². The molecule has 39 heavy (non-hydrogen) atoms. The summed E-state index contributed by atoms with van der Waals surface area (Å²) in [7, 11) is 0. The fourth-order valence-electron chi connectivity index (χ4n) is 3.72. The molecule has 0 spiro atoms. The van der Waals surface area contributed by atoms with Crippen molar-refractivity contribution in [1.82, 2.24) is 19.6 Å². The Hall–Kier alpha value is -3.34. The highest BCUT2D eigenvalue weighted by molar-refractivity contribution is 9.08. The summed E-state index contributed by atoms with van der Waals surface area (Å²) < 4.78 is 40.3. The molecule has 2 heterocycles. The van der Waals surface area contributed by atoms with Crippen molar-refractivity contribution in [2.45, 2.75) is 78.8 Å². The third-order valence-corrected chi connectivity index (χ3v) is 6.06. The molecule has 8 nitrogen and oxygen atoms in total. The number of aromatic nitrogens is 4. The minimum atomic E-state index is -0.627. The summed E-state index contributed by atoms with van der Waals surface area (Å²) >= 11 is 3.24. The smallest absolute Gasteiger partial charge is 0.435 e. The summed E-state index contributed by atoms with van der Waals surface area (Å²) in [6.45, 7) is 15.9. The van der Waals surface area contributed by atoms with Crippen LogP contribution in [0.15, 0.2) is 24.3 Å². The van der Waals surface area contributed by atoms with Gasteiger partial charge < -0.3 is 9.47 Å². The summed E-state index contributed by atoms with van der Waals surface area (Å²) in [5.74, 6) is -0.740. The molecule has 0 aliphatic carbocycles. The Morgan fingerprint density at radius 1 is 0.769 bits per heavy atom. The lowest BCUT2D eigenvalue weighted by molar-refractivity contribution is 0.0511. The second-order valence-electron chi connectivity index (χ2n) is 11.2. The van der Waals surface area contributed by atoms with E-state index in [1.54, 1.807) is 74.4 Å². The molecule has 0 bridgehead atoms. The van der Waals surface area contributed by atoms with Gasteiger partial charge in [-0.15, -0.1) is 0 Å². The highest BCUT2D eigenvalue weighted by Crippen LogP contribution is 2.25. The van der Waals surface area contributed by atoms with Crippen LogP contribution in [-0.2, 0) is 14.8 Å². The van der Waals surface area contributed by atoms with Crippen LogP contribution in [0.4, 0.5) is 18.4 Å². The lowest BCUT2D eigenvalue weighted by Gasteiger charge is -2.19. The van der Waals surface area contributed by atoms with Crippen molar-refractivity contribution in [2.24, 2.45) is 0 Å². The van der Waals surface area contributed by atoms with Crippen LogP contribution >= 0.6 is 15.9 Å². The summed E-state index contributed by atoms with van der Waals surface area (Å²) in [5, 5.41) is 10.2. The van der Waals surface area contributed by atoms with Gasteiger partial charge in [-0.05, 0) is 85.6 Å². The molecule has 11 heteroatoms. The number of fused-ring (bicyclic) bond motifs is 2. The summed E-state index contributed by atoms with van der Waals surface area (Å²) in [6.07, 6.45) is -1.21. The zero-order valence-corrected chi connectivity index (χ0v) is 25.2. The van der Waals surface area contributed by atoms with Gasteiger partial charge >= 0.3 is 12.2 Å². The molecule has 0 N–H and O–H groups in total. The van der Waals surface area contributed by atoms with Crippen LogP contribution in [0.5, 0.6) is 0 Å². The standard InChI is InChI=1S/C14H16BrFN2O2.C14H17FN2O2/c1-8-10-5-9(7-15)11(16)6-12(10)18(17-8)13(19)20-14(2,3)4;1-8-6-10-9(2)16-17(12(10)7-11(8)15)13(18)19-14(3,4)5/h5-6H,7H2,1-4H3;6-7H,1-5H3. The van der Waals surface area contributed by atoms with E-state index >= 15 is 0 Å². The topological polar surface area (TPSA) is 88.2 Å². The fraction of sp³-hybridized carbons (Fsp3) is 0.429. The molecule has 2 aromatic carbocycles. The number of hydrogen-bond donors (Lipinski definition) is 0. The Morgan fingerprint density at radius 2 is 1.18 bits per heavy atom. The molecule has 4 aromatic rings. The number of alkyl halides is 1. The first-order chi connectivity index (χ1) is 17.9. The molecule has 4 rings (SSSR count). The number of benzene rings is 2. The van der Waals surface area contributed by atoms with Crippen molar-refractivity contribution < 1.29 is 27.8 Å². The van der Waals surface area contributed by atoms with Gasteiger partial charge in [0.25, 0.3) is 0 Å². The van der Waals surface area contributed by atoms with Crippen LogP contribution in [0.1, 0.15) is 64.1 Å². The minimum absolute atomic E-state index is 0.364. The number of carbonyl (C=O) groups excluding carboxylic acids is 2. The quantitative estimate of drug-likeness (QED) is 0.206. The second kappa shape index (κ2) is 11.0. The predicted octanol–water partition coefficient (Wildman–Crippen LogP) is 7.74. The van der Waals surface area contributed by atoms with E-state index < -0.39 is 23.4 Å². The lowest BCUT2D eigenvalue weighted by atomic mass is 10.1. The third kappa shape index (κ3) is 7.00. The van der Waals surface area contributed by atoms with Gasteiger partial charge in [0, 0.05) is 28.2 Å². The molecule has 2 aromatic heterocycles. The van der Waals surface area contributed by atoms with Gasteiger partial charge in [0.1, 0.15) is 22.8 Å². The number of carbonyl (C=O) groups is 2. The van der Waals surface area contributed by atoms with Crippen LogP contribution < -0.4 is 0 Å². The number of nitrogens with zero attached hydrogens (tertiary/aromatic N) is 4. The Morgan fingerprint density at radius 3 is 1.59 bits per heavy atom. The zero-order valence-electron chi connectivity index (χ0n) is 23.6. The Kier molecular flexibility index (Phi) is 8.54. The van der Waals surface area contributed by atoms with Gasteiger partial charge in [0.05, 0.1) is 22.4 Å². The lowest BCUT2D eigenvalue weighted by Crippen LogP contribution is -2.27. The second-order valence-corrected chi connectivity index (χ2v) is 11.7. The predicted molar refractivity (Wildman–Crippen MR) is 149 cm³/mol. The van der Waals surface area contributed by atoms with Crippen molar-refractivity contribution in [1.29, 1.82) is 0 Å². The summed E-state index contributed by atoms with van der Waals surface area (Å²) in [6, 6.07) is 6.01. The van der Waals surface area contributed by atoms with Crippen LogP contribution in [0.3, 0.4) is 0 Å². The molecule has 0 saturated heterocycles. The number of ether oxygens (including phenoxy) is 2. The molecule has 0 radical (unpaired) electrons. The number of rotatable bonds is 1. The van der Waals surface area contributed by atoms with Crippen LogP contribution in [0.2, 0.25) is 0 Å². The first kappa shape index (κ1) is 30.2. The number of hydrogen-bond acceptors (Lipinski definition) is 6. The molecule has 0 unspecified atom stereocenters. The number of halogens is 3. The Balaban J connectivity index is 0.000000216. The van der Waals surface area contributed by atoms with E-state index in [0.717, 1.165) is 20.1 Å². The Bertz CT molecular complexity index is 1560. The minimum Gasteiger partial charge on any atom is -0.442 e. The maximum Gasteiger partial charge on any atom is 0.435 e. The van der Waals surface area contributed by atoms with Crippen molar-refractivity contribution in [3.8, 4) is 0 Å². The van der Waals surface area contributed by atoms with Crippen molar-refractivity contribution in [3.63, 3.8) is 0 Å². The molecule has 0 aliphatic rings. The average molecular weight is 607 g/mol. The fourth-order valence-corrected chi connectivity index (χ4v) is 4.14. The number of aryl methyl sites for hydroxylation is 3. The first-order valence-electron chi connectivity index (χ1n) is 12.3. The summed E-state index contributed by atoms with van der Waals surface area (Å²) in [4.78, 5) is 24.1. The third-order valence-electron chi connectivity index (χ3n) is 5.45. The van der Waals surface area contributed by atoms with Crippen molar-refractivity contribution >= 4 is 49.9 Å². The van der Waals surface area contributed by atoms with Crippen LogP contribution in [0, 0.1) is 32.4 Å². The van der Waals surface area contributed by atoms with Gasteiger partial charge in [-0.2, -0.15) is 19.6 Å².